The predicted octanol–water partition coefficient (Wildman–Crippen LogP) is 1.85. The number of benzene rings is 1. The van der Waals surface area contributed by atoms with Crippen molar-refractivity contribution in [3.05, 3.63) is 24.3 Å². The van der Waals surface area contributed by atoms with Crippen LogP contribution in [0.2, 0.25) is 0 Å². The molecule has 6 nitrogen and oxygen atoms in total. The third kappa shape index (κ3) is 2.90. The average molecular weight is 259 g/mol. The predicted molar refractivity (Wildman–Crippen MR) is 71.7 cm³/mol. The van der Waals surface area contributed by atoms with E-state index in [1.165, 1.54) is 0 Å². The van der Waals surface area contributed by atoms with Gasteiger partial charge < -0.3 is 10.1 Å². The van der Waals surface area contributed by atoms with Crippen LogP contribution in [0.3, 0.4) is 0 Å². The van der Waals surface area contributed by atoms with E-state index in [0.717, 1.165) is 30.6 Å². The first-order valence-corrected chi connectivity index (χ1v) is 6.54. The Morgan fingerprint density at radius 1 is 1.42 bits per heavy atom. The molecule has 2 aromatic rings. The molecule has 2 heterocycles. The van der Waals surface area contributed by atoms with E-state index in [1.54, 1.807) is 0 Å². The van der Waals surface area contributed by atoms with Gasteiger partial charge in [-0.05, 0) is 37.1 Å². The zero-order chi connectivity index (χ0) is 13.1. The first kappa shape index (κ1) is 12.1. The molecule has 0 saturated carbocycles. The lowest BCUT2D eigenvalue weighted by molar-refractivity contribution is 0.0637. The molecule has 0 radical (unpaired) electrons. The van der Waals surface area contributed by atoms with Gasteiger partial charge in [0.15, 0.2) is 0 Å². The van der Waals surface area contributed by atoms with Gasteiger partial charge in [0.25, 0.3) is 0 Å². The topological polar surface area (TPSA) is 75.7 Å². The second-order valence-corrected chi connectivity index (χ2v) is 4.84. The van der Waals surface area contributed by atoms with Crippen LogP contribution >= 0.6 is 0 Å². The fourth-order valence-electron chi connectivity index (χ4n) is 2.32. The molecule has 0 aliphatic carbocycles. The molecule has 1 aromatic carbocycles. The van der Waals surface area contributed by atoms with E-state index < -0.39 is 0 Å². The van der Waals surface area contributed by atoms with Crippen molar-refractivity contribution in [1.82, 2.24) is 20.6 Å². The monoisotopic (exact) mass is 259 g/mol. The van der Waals surface area contributed by atoms with Crippen molar-refractivity contribution in [1.29, 1.82) is 0 Å². The third-order valence-corrected chi connectivity index (χ3v) is 3.32. The summed E-state index contributed by atoms with van der Waals surface area (Å²) < 4.78 is 5.78. The molecule has 19 heavy (non-hydrogen) atoms. The number of nitrogens with one attached hydrogen (secondary N) is 2. The number of ether oxygens (including phenoxy) is 1. The van der Waals surface area contributed by atoms with E-state index in [0.29, 0.717) is 18.0 Å². The smallest absolute Gasteiger partial charge is 0.204 e. The van der Waals surface area contributed by atoms with Crippen molar-refractivity contribution in [2.24, 2.45) is 0 Å². The number of H-pyrrole nitrogens is 1. The Morgan fingerprint density at radius 2 is 2.37 bits per heavy atom. The number of aromatic nitrogens is 4. The van der Waals surface area contributed by atoms with Crippen LogP contribution in [0.5, 0.6) is 0 Å². The van der Waals surface area contributed by atoms with Crippen LogP contribution in [0.25, 0.3) is 11.4 Å². The number of tetrazole rings is 1. The Hall–Kier alpha value is -1.95. The third-order valence-electron chi connectivity index (χ3n) is 3.32. The van der Waals surface area contributed by atoms with E-state index in [1.807, 2.05) is 24.3 Å². The normalized spacial score (nSPS) is 22.6. The first-order chi connectivity index (χ1) is 9.31. The maximum Gasteiger partial charge on any atom is 0.204 e. The Bertz CT molecular complexity index is 528. The fourth-order valence-corrected chi connectivity index (χ4v) is 2.32. The summed E-state index contributed by atoms with van der Waals surface area (Å²) in [5.74, 6) is 0.606. The maximum absolute atomic E-state index is 5.78. The van der Waals surface area contributed by atoms with Gasteiger partial charge in [0.1, 0.15) is 0 Å². The lowest BCUT2D eigenvalue weighted by Crippen LogP contribution is -2.19. The highest BCUT2D eigenvalue weighted by atomic mass is 16.5. The van der Waals surface area contributed by atoms with Gasteiger partial charge in [-0.15, -0.1) is 10.2 Å². The van der Waals surface area contributed by atoms with Crippen molar-refractivity contribution in [2.75, 3.05) is 11.9 Å². The zero-order valence-electron chi connectivity index (χ0n) is 10.8. The van der Waals surface area contributed by atoms with E-state index in [2.05, 4.69) is 32.9 Å². The number of anilines is 1. The molecule has 100 valence electrons. The molecule has 6 heteroatoms. The molecule has 2 N–H and O–H groups in total. The molecule has 1 aromatic heterocycles. The van der Waals surface area contributed by atoms with Gasteiger partial charge in [0, 0.05) is 17.8 Å². The van der Waals surface area contributed by atoms with Crippen LogP contribution in [-0.4, -0.2) is 39.4 Å². The van der Waals surface area contributed by atoms with E-state index in [9.17, 15) is 0 Å². The van der Waals surface area contributed by atoms with Gasteiger partial charge >= 0.3 is 0 Å². The second-order valence-electron chi connectivity index (χ2n) is 4.84. The van der Waals surface area contributed by atoms with Crippen molar-refractivity contribution < 1.29 is 4.74 Å². The van der Waals surface area contributed by atoms with Crippen molar-refractivity contribution in [2.45, 2.75) is 32.0 Å². The summed E-state index contributed by atoms with van der Waals surface area (Å²) in [5, 5.41) is 17.4. The van der Waals surface area contributed by atoms with Gasteiger partial charge in [-0.1, -0.05) is 12.1 Å². The molecule has 0 bridgehead atoms. The van der Waals surface area contributed by atoms with Crippen LogP contribution in [0.4, 0.5) is 5.69 Å². The number of aromatic amines is 1. The maximum atomic E-state index is 5.78. The van der Waals surface area contributed by atoms with E-state index in [-0.39, 0.29) is 0 Å². The van der Waals surface area contributed by atoms with Crippen molar-refractivity contribution in [3.63, 3.8) is 0 Å². The van der Waals surface area contributed by atoms with Crippen LogP contribution in [0.1, 0.15) is 19.8 Å². The Morgan fingerprint density at radius 3 is 3.11 bits per heavy atom. The molecule has 1 saturated heterocycles. The summed E-state index contributed by atoms with van der Waals surface area (Å²) >= 11 is 0. The highest BCUT2D eigenvalue weighted by Gasteiger charge is 2.21. The summed E-state index contributed by atoms with van der Waals surface area (Å²) in [6.07, 6.45) is 2.97. The van der Waals surface area contributed by atoms with Gasteiger partial charge in [-0.3, -0.25) is 0 Å². The summed E-state index contributed by atoms with van der Waals surface area (Å²) in [5.41, 5.74) is 1.99. The number of hydrogen-bond donors (Lipinski definition) is 2. The van der Waals surface area contributed by atoms with E-state index in [4.69, 9.17) is 4.74 Å². The second kappa shape index (κ2) is 5.36. The van der Waals surface area contributed by atoms with Crippen LogP contribution in [0, 0.1) is 0 Å². The SMILES string of the molecule is CC1CCC(CNc2cccc(-c3nn[nH]n3)c2)O1. The van der Waals surface area contributed by atoms with E-state index >= 15 is 0 Å². The largest absolute Gasteiger partial charge is 0.382 e. The first-order valence-electron chi connectivity index (χ1n) is 6.54. The van der Waals surface area contributed by atoms with Crippen molar-refractivity contribution in [3.8, 4) is 11.4 Å². The summed E-state index contributed by atoms with van der Waals surface area (Å²) in [6.45, 7) is 2.96. The molecule has 1 aliphatic heterocycles. The quantitative estimate of drug-likeness (QED) is 0.876. The highest BCUT2D eigenvalue weighted by Crippen LogP contribution is 2.21. The Kier molecular flexibility index (Phi) is 3.41. The van der Waals surface area contributed by atoms with Gasteiger partial charge in [0.05, 0.1) is 12.2 Å². The summed E-state index contributed by atoms with van der Waals surface area (Å²) in [4.78, 5) is 0. The Labute approximate surface area is 111 Å². The van der Waals surface area contributed by atoms with Crippen LogP contribution in [-0.2, 0) is 4.74 Å². The minimum Gasteiger partial charge on any atom is -0.382 e. The molecule has 1 aliphatic rings. The van der Waals surface area contributed by atoms with Gasteiger partial charge in [-0.2, -0.15) is 5.21 Å². The lowest BCUT2D eigenvalue weighted by Gasteiger charge is -2.13. The molecular formula is C13H17N5O. The Balaban J connectivity index is 1.63. The summed E-state index contributed by atoms with van der Waals surface area (Å²) in [7, 11) is 0. The van der Waals surface area contributed by atoms with Gasteiger partial charge in [0.2, 0.25) is 5.82 Å². The zero-order valence-corrected chi connectivity index (χ0v) is 10.8. The molecular weight excluding hydrogens is 242 g/mol. The molecule has 2 unspecified atom stereocenters. The summed E-state index contributed by atoms with van der Waals surface area (Å²) in [6, 6.07) is 7.99. The number of nitrogens with zero attached hydrogens (tertiary/aromatic N) is 3. The molecule has 2 atom stereocenters. The minimum atomic E-state index is 0.309. The standard InChI is InChI=1S/C13H17N5O/c1-9-5-6-12(19-9)8-14-11-4-2-3-10(7-11)13-15-17-18-16-13/h2-4,7,9,12,14H,5-6,8H2,1H3,(H,15,16,17,18). The van der Waals surface area contributed by atoms with Crippen molar-refractivity contribution >= 4 is 5.69 Å². The minimum absolute atomic E-state index is 0.309. The number of rotatable bonds is 4. The molecule has 0 spiro atoms. The average Bonchev–Trinajstić information content (AvgIpc) is 3.08. The molecule has 0 amide bonds. The molecule has 1 fully saturated rings. The lowest BCUT2D eigenvalue weighted by atomic mass is 10.1. The van der Waals surface area contributed by atoms with Crippen LogP contribution < -0.4 is 5.32 Å². The number of hydrogen-bond acceptors (Lipinski definition) is 5. The highest BCUT2D eigenvalue weighted by molar-refractivity contribution is 5.61. The molecule has 3 rings (SSSR count). The van der Waals surface area contributed by atoms with Gasteiger partial charge in [-0.25, -0.2) is 0 Å². The fraction of sp³-hybridized carbons (Fsp3) is 0.462. The van der Waals surface area contributed by atoms with Crippen LogP contribution in [0.15, 0.2) is 24.3 Å².